The van der Waals surface area contributed by atoms with Gasteiger partial charge in [0.05, 0.1) is 23.7 Å². The summed E-state index contributed by atoms with van der Waals surface area (Å²) >= 11 is 0. The van der Waals surface area contributed by atoms with Gasteiger partial charge in [-0.25, -0.2) is 4.39 Å². The summed E-state index contributed by atoms with van der Waals surface area (Å²) in [6.07, 6.45) is 0.221. The Morgan fingerprint density at radius 1 is 1.63 bits per heavy atom. The van der Waals surface area contributed by atoms with Crippen molar-refractivity contribution in [1.29, 1.82) is 5.26 Å². The number of aryl methyl sites for hydroxylation is 1. The van der Waals surface area contributed by atoms with Crippen LogP contribution in [0.3, 0.4) is 0 Å². The summed E-state index contributed by atoms with van der Waals surface area (Å²) < 4.78 is 18.7. The molecule has 0 aliphatic rings. The summed E-state index contributed by atoms with van der Waals surface area (Å²) in [4.78, 5) is 9.96. The van der Waals surface area contributed by atoms with Crippen LogP contribution < -0.4 is 10.5 Å². The van der Waals surface area contributed by atoms with Crippen LogP contribution in [0.5, 0.6) is 5.75 Å². The van der Waals surface area contributed by atoms with Crippen LogP contribution in [0.4, 0.5) is 10.1 Å². The number of nitro groups is 1. The second-order valence-corrected chi connectivity index (χ2v) is 4.45. The average Bonchev–Trinajstić information content (AvgIpc) is 2.32. The molecule has 102 valence electrons. The van der Waals surface area contributed by atoms with E-state index in [0.717, 1.165) is 6.07 Å². The summed E-state index contributed by atoms with van der Waals surface area (Å²) in [7, 11) is 0. The fourth-order valence-corrected chi connectivity index (χ4v) is 1.38. The maximum atomic E-state index is 13.6. The van der Waals surface area contributed by atoms with Crippen LogP contribution in [0.1, 0.15) is 18.9 Å². The number of nitro benzene ring substituents is 1. The quantitative estimate of drug-likeness (QED) is 0.649. The van der Waals surface area contributed by atoms with E-state index in [-0.39, 0.29) is 24.5 Å². The van der Waals surface area contributed by atoms with Gasteiger partial charge in [0, 0.05) is 12.0 Å². The Balaban J connectivity index is 2.79. The molecule has 19 heavy (non-hydrogen) atoms. The lowest BCUT2D eigenvalue weighted by atomic mass is 10.0. The number of nitrogens with zero attached hydrogens (tertiary/aromatic N) is 2. The van der Waals surface area contributed by atoms with E-state index in [1.54, 1.807) is 0 Å². The molecule has 0 aliphatic carbocycles. The normalized spacial score (nSPS) is 13.4. The van der Waals surface area contributed by atoms with E-state index in [1.807, 2.05) is 6.07 Å². The van der Waals surface area contributed by atoms with E-state index in [0.29, 0.717) is 5.56 Å². The number of rotatable bonds is 5. The SMILES string of the molecule is Cc1cc(OCCC(C)(N)C#N)c(F)cc1[N+](=O)[O-]. The van der Waals surface area contributed by atoms with Crippen molar-refractivity contribution in [3.63, 3.8) is 0 Å². The minimum absolute atomic E-state index is 0.0503. The maximum Gasteiger partial charge on any atom is 0.275 e. The number of hydrogen-bond donors (Lipinski definition) is 1. The van der Waals surface area contributed by atoms with Gasteiger partial charge in [0.25, 0.3) is 5.69 Å². The van der Waals surface area contributed by atoms with Crippen molar-refractivity contribution in [3.05, 3.63) is 33.6 Å². The van der Waals surface area contributed by atoms with Gasteiger partial charge in [0.15, 0.2) is 11.6 Å². The largest absolute Gasteiger partial charge is 0.490 e. The monoisotopic (exact) mass is 267 g/mol. The molecule has 1 unspecified atom stereocenters. The molecular weight excluding hydrogens is 253 g/mol. The predicted molar refractivity (Wildman–Crippen MR) is 66.1 cm³/mol. The van der Waals surface area contributed by atoms with Crippen molar-refractivity contribution in [3.8, 4) is 11.8 Å². The van der Waals surface area contributed by atoms with Gasteiger partial charge in [-0.2, -0.15) is 5.26 Å². The maximum absolute atomic E-state index is 13.6. The molecule has 0 aromatic heterocycles. The van der Waals surface area contributed by atoms with E-state index in [4.69, 9.17) is 15.7 Å². The average molecular weight is 267 g/mol. The van der Waals surface area contributed by atoms with Crippen LogP contribution in [0.15, 0.2) is 12.1 Å². The number of hydrogen-bond acceptors (Lipinski definition) is 5. The topological polar surface area (TPSA) is 102 Å². The van der Waals surface area contributed by atoms with Crippen molar-refractivity contribution in [1.82, 2.24) is 0 Å². The van der Waals surface area contributed by atoms with E-state index in [2.05, 4.69) is 0 Å². The zero-order valence-corrected chi connectivity index (χ0v) is 10.6. The molecular formula is C12H14FN3O3. The van der Waals surface area contributed by atoms with Gasteiger partial charge in [0.2, 0.25) is 0 Å². The third-order valence-corrected chi connectivity index (χ3v) is 2.58. The summed E-state index contributed by atoms with van der Waals surface area (Å²) in [5, 5.41) is 19.3. The van der Waals surface area contributed by atoms with E-state index in [9.17, 15) is 14.5 Å². The fourth-order valence-electron chi connectivity index (χ4n) is 1.38. The second kappa shape index (κ2) is 5.63. The van der Waals surface area contributed by atoms with Crippen molar-refractivity contribution >= 4 is 5.69 Å². The first-order chi connectivity index (χ1) is 8.76. The standard InChI is InChI=1S/C12H14FN3O3/c1-8-5-11(9(13)6-10(8)16(17)18)19-4-3-12(2,15)7-14/h5-6H,3-4,15H2,1-2H3. The van der Waals surface area contributed by atoms with Crippen molar-refractivity contribution in [2.24, 2.45) is 5.73 Å². The van der Waals surface area contributed by atoms with E-state index in [1.165, 1.54) is 19.9 Å². The summed E-state index contributed by atoms with van der Waals surface area (Å²) in [6.45, 7) is 3.08. The van der Waals surface area contributed by atoms with Crippen LogP contribution in [-0.2, 0) is 0 Å². The molecule has 0 fully saturated rings. The number of nitriles is 1. The van der Waals surface area contributed by atoms with Crippen LogP contribution in [-0.4, -0.2) is 17.1 Å². The van der Waals surface area contributed by atoms with Gasteiger partial charge in [-0.05, 0) is 19.9 Å². The first kappa shape index (κ1) is 14.9. The molecule has 0 spiro atoms. The summed E-state index contributed by atoms with van der Waals surface area (Å²) in [5.41, 5.74) is 4.54. The van der Waals surface area contributed by atoms with Gasteiger partial charge in [0.1, 0.15) is 5.54 Å². The van der Waals surface area contributed by atoms with Gasteiger partial charge in [-0.1, -0.05) is 0 Å². The molecule has 1 atom stereocenters. The molecule has 0 bridgehead atoms. The minimum atomic E-state index is -1.05. The van der Waals surface area contributed by atoms with E-state index < -0.39 is 16.3 Å². The summed E-state index contributed by atoms with van der Waals surface area (Å²) in [6, 6.07) is 3.97. The number of ether oxygens (including phenoxy) is 1. The predicted octanol–water partition coefficient (Wildman–Crippen LogP) is 2.05. The first-order valence-corrected chi connectivity index (χ1v) is 5.54. The number of benzene rings is 1. The molecule has 2 N–H and O–H groups in total. The molecule has 6 nitrogen and oxygen atoms in total. The second-order valence-electron chi connectivity index (χ2n) is 4.45. The van der Waals surface area contributed by atoms with Gasteiger partial charge in [-0.15, -0.1) is 0 Å². The highest BCUT2D eigenvalue weighted by Crippen LogP contribution is 2.27. The lowest BCUT2D eigenvalue weighted by Gasteiger charge is -2.15. The van der Waals surface area contributed by atoms with Gasteiger partial charge >= 0.3 is 0 Å². The minimum Gasteiger partial charge on any atom is -0.490 e. The Kier molecular flexibility index (Phi) is 4.40. The van der Waals surface area contributed by atoms with Gasteiger partial charge in [-0.3, -0.25) is 10.1 Å². The van der Waals surface area contributed by atoms with Crippen molar-refractivity contribution < 1.29 is 14.1 Å². The molecule has 0 amide bonds. The Labute approximate surface area is 109 Å². The highest BCUT2D eigenvalue weighted by molar-refractivity contribution is 5.45. The van der Waals surface area contributed by atoms with Crippen LogP contribution in [0, 0.1) is 34.2 Å². The lowest BCUT2D eigenvalue weighted by Crippen LogP contribution is -2.35. The molecule has 1 aromatic carbocycles. The smallest absolute Gasteiger partial charge is 0.275 e. The molecule has 1 aromatic rings. The lowest BCUT2D eigenvalue weighted by molar-refractivity contribution is -0.385. The van der Waals surface area contributed by atoms with Crippen molar-refractivity contribution in [2.45, 2.75) is 25.8 Å². The third-order valence-electron chi connectivity index (χ3n) is 2.58. The van der Waals surface area contributed by atoms with Crippen LogP contribution >= 0.6 is 0 Å². The molecule has 0 heterocycles. The Hall–Kier alpha value is -2.20. The molecule has 0 saturated carbocycles. The summed E-state index contributed by atoms with van der Waals surface area (Å²) in [5.74, 6) is -0.898. The zero-order valence-electron chi connectivity index (χ0n) is 10.6. The highest BCUT2D eigenvalue weighted by atomic mass is 19.1. The van der Waals surface area contributed by atoms with E-state index >= 15 is 0 Å². The fraction of sp³-hybridized carbons (Fsp3) is 0.417. The molecule has 0 saturated heterocycles. The first-order valence-electron chi connectivity index (χ1n) is 5.54. The third kappa shape index (κ3) is 3.89. The van der Waals surface area contributed by atoms with Crippen molar-refractivity contribution in [2.75, 3.05) is 6.61 Å². The molecule has 1 rings (SSSR count). The Morgan fingerprint density at radius 3 is 2.79 bits per heavy atom. The zero-order chi connectivity index (χ0) is 14.6. The highest BCUT2D eigenvalue weighted by Gasteiger charge is 2.19. The number of nitrogens with two attached hydrogens (primary N) is 1. The molecule has 0 radical (unpaired) electrons. The Morgan fingerprint density at radius 2 is 2.26 bits per heavy atom. The van der Waals surface area contributed by atoms with Crippen LogP contribution in [0.2, 0.25) is 0 Å². The van der Waals surface area contributed by atoms with Crippen LogP contribution in [0.25, 0.3) is 0 Å². The number of halogens is 1. The molecule has 0 aliphatic heterocycles. The van der Waals surface area contributed by atoms with Gasteiger partial charge < -0.3 is 10.5 Å². The Bertz CT molecular complexity index is 538. The molecule has 7 heteroatoms.